The molecule has 1 rings (SSSR count). The van der Waals surface area contributed by atoms with Gasteiger partial charge in [-0.05, 0) is 19.9 Å². The molecule has 58 valence electrons. The number of aromatic amines is 1. The molecule has 0 spiro atoms. The van der Waals surface area contributed by atoms with E-state index in [9.17, 15) is 0 Å². The zero-order valence-electron chi connectivity index (χ0n) is 6.89. The molecule has 0 radical (unpaired) electrons. The van der Waals surface area contributed by atoms with Gasteiger partial charge in [0.2, 0.25) is 0 Å². The molecule has 2 nitrogen and oxygen atoms in total. The predicted octanol–water partition coefficient (Wildman–Crippen LogP) is 0.485. The molecule has 0 atom stereocenters. The molecule has 11 heavy (non-hydrogen) atoms. The second kappa shape index (κ2) is 3.19. The van der Waals surface area contributed by atoms with Crippen molar-refractivity contribution in [2.45, 2.75) is 13.8 Å². The van der Waals surface area contributed by atoms with Crippen LogP contribution in [0.5, 0.6) is 0 Å². The first-order valence-electron chi connectivity index (χ1n) is 3.59. The van der Waals surface area contributed by atoms with Crippen LogP contribution >= 0.6 is 0 Å². The Hall–Kier alpha value is -1.31. The summed E-state index contributed by atoms with van der Waals surface area (Å²) in [5.41, 5.74) is 1.03. The molecule has 0 fully saturated rings. The molecule has 0 unspecified atom stereocenters. The Balaban J connectivity index is 3.52. The van der Waals surface area contributed by atoms with E-state index in [2.05, 4.69) is 16.8 Å². The van der Waals surface area contributed by atoms with Gasteiger partial charge in [0, 0.05) is 5.22 Å². The first kappa shape index (κ1) is 7.79. The first-order chi connectivity index (χ1) is 5.29. The van der Waals surface area contributed by atoms with E-state index in [0.717, 1.165) is 16.3 Å². The maximum absolute atomic E-state index is 4.07. The Kier molecular flexibility index (Phi) is 2.26. The van der Waals surface area contributed by atoms with Gasteiger partial charge in [-0.15, -0.1) is 0 Å². The van der Waals surface area contributed by atoms with Crippen LogP contribution in [0.1, 0.15) is 12.6 Å². The average molecular weight is 148 g/mol. The van der Waals surface area contributed by atoms with Gasteiger partial charge in [0.25, 0.3) is 0 Å². The van der Waals surface area contributed by atoms with E-state index in [1.807, 2.05) is 26.0 Å². The van der Waals surface area contributed by atoms with E-state index in [1.54, 1.807) is 6.08 Å². The van der Waals surface area contributed by atoms with E-state index in [4.69, 9.17) is 0 Å². The number of H-pyrrole nitrogens is 1. The Morgan fingerprint density at radius 1 is 1.55 bits per heavy atom. The van der Waals surface area contributed by atoms with Crippen molar-refractivity contribution in [3.05, 3.63) is 28.9 Å². The van der Waals surface area contributed by atoms with E-state index >= 15 is 0 Å². The minimum atomic E-state index is 1.03. The standard InChI is InChI=1S/C9H12N2/c1-4-6-9-8(5-2)7(3)10-11-9/h4-6,11H,1H2,2-3H3/b8-5-,9-6+. The van der Waals surface area contributed by atoms with Gasteiger partial charge in [0.1, 0.15) is 0 Å². The quantitative estimate of drug-likeness (QED) is 0.616. The van der Waals surface area contributed by atoms with Crippen LogP contribution in [-0.4, -0.2) is 10.2 Å². The second-order valence-electron chi connectivity index (χ2n) is 2.33. The van der Waals surface area contributed by atoms with Crippen molar-refractivity contribution in [3.63, 3.8) is 0 Å². The van der Waals surface area contributed by atoms with Crippen LogP contribution in [0, 0.1) is 6.92 Å². The number of nitrogens with zero attached hydrogens (tertiary/aromatic N) is 1. The lowest BCUT2D eigenvalue weighted by Gasteiger charge is -1.76. The van der Waals surface area contributed by atoms with E-state index in [-0.39, 0.29) is 0 Å². The molecule has 0 amide bonds. The van der Waals surface area contributed by atoms with Gasteiger partial charge in [0.05, 0.1) is 11.0 Å². The van der Waals surface area contributed by atoms with E-state index < -0.39 is 0 Å². The highest BCUT2D eigenvalue weighted by Crippen LogP contribution is 1.73. The zero-order valence-corrected chi connectivity index (χ0v) is 6.89. The smallest absolute Gasteiger partial charge is 0.0666 e. The number of rotatable bonds is 1. The third-order valence-electron chi connectivity index (χ3n) is 1.60. The summed E-state index contributed by atoms with van der Waals surface area (Å²) in [5.74, 6) is 0. The molecule has 0 saturated carbocycles. The van der Waals surface area contributed by atoms with Crippen LogP contribution < -0.4 is 10.6 Å². The Morgan fingerprint density at radius 2 is 2.27 bits per heavy atom. The summed E-state index contributed by atoms with van der Waals surface area (Å²) in [7, 11) is 0. The van der Waals surface area contributed by atoms with Crippen molar-refractivity contribution >= 4 is 12.2 Å². The number of hydrogen-bond donors (Lipinski definition) is 1. The SMILES string of the molecule is C=C/C=c1/[nH]nc(C)/c1=C/C. The minimum absolute atomic E-state index is 1.03. The lowest BCUT2D eigenvalue weighted by atomic mass is 10.3. The van der Waals surface area contributed by atoms with Crippen molar-refractivity contribution < 1.29 is 0 Å². The number of allylic oxidation sites excluding steroid dienone is 1. The molecular formula is C9H12N2. The fourth-order valence-corrected chi connectivity index (χ4v) is 1.07. The highest BCUT2D eigenvalue weighted by molar-refractivity contribution is 5.36. The lowest BCUT2D eigenvalue weighted by Crippen LogP contribution is -2.23. The number of nitrogens with one attached hydrogen (secondary N) is 1. The summed E-state index contributed by atoms with van der Waals surface area (Å²) in [4.78, 5) is 0. The molecular weight excluding hydrogens is 136 g/mol. The molecule has 1 aromatic heterocycles. The maximum Gasteiger partial charge on any atom is 0.0666 e. The van der Waals surface area contributed by atoms with Gasteiger partial charge in [-0.3, -0.25) is 5.10 Å². The molecule has 0 aliphatic rings. The van der Waals surface area contributed by atoms with Gasteiger partial charge < -0.3 is 0 Å². The fraction of sp³-hybridized carbons (Fsp3) is 0.222. The van der Waals surface area contributed by atoms with Crippen LogP contribution in [0.4, 0.5) is 0 Å². The largest absolute Gasteiger partial charge is 0.278 e. The topological polar surface area (TPSA) is 28.7 Å². The zero-order chi connectivity index (χ0) is 8.27. The monoisotopic (exact) mass is 148 g/mol. The molecule has 0 saturated heterocycles. The number of aromatic nitrogens is 2. The predicted molar refractivity (Wildman–Crippen MR) is 47.4 cm³/mol. The summed E-state index contributed by atoms with van der Waals surface area (Å²) < 4.78 is 0. The van der Waals surface area contributed by atoms with Crippen LogP contribution in [0.2, 0.25) is 0 Å². The van der Waals surface area contributed by atoms with Gasteiger partial charge >= 0.3 is 0 Å². The number of hydrogen-bond acceptors (Lipinski definition) is 1. The van der Waals surface area contributed by atoms with Crippen LogP contribution in [0.3, 0.4) is 0 Å². The molecule has 2 heteroatoms. The molecule has 0 aliphatic carbocycles. The molecule has 1 N–H and O–H groups in total. The number of aryl methyl sites for hydroxylation is 1. The molecule has 0 aliphatic heterocycles. The van der Waals surface area contributed by atoms with Crippen LogP contribution in [0.25, 0.3) is 12.2 Å². The van der Waals surface area contributed by atoms with E-state index in [0.29, 0.717) is 0 Å². The summed E-state index contributed by atoms with van der Waals surface area (Å²) in [6.07, 6.45) is 5.70. The highest BCUT2D eigenvalue weighted by atomic mass is 15.1. The van der Waals surface area contributed by atoms with Gasteiger partial charge in [-0.2, -0.15) is 5.10 Å². The van der Waals surface area contributed by atoms with Crippen LogP contribution in [-0.2, 0) is 0 Å². The molecule has 0 aromatic carbocycles. The summed E-state index contributed by atoms with van der Waals surface area (Å²) in [5, 5.41) is 9.17. The highest BCUT2D eigenvalue weighted by Gasteiger charge is 1.90. The second-order valence-corrected chi connectivity index (χ2v) is 2.33. The van der Waals surface area contributed by atoms with Crippen molar-refractivity contribution in [1.29, 1.82) is 0 Å². The first-order valence-corrected chi connectivity index (χ1v) is 3.59. The Labute approximate surface area is 65.9 Å². The van der Waals surface area contributed by atoms with E-state index in [1.165, 1.54) is 0 Å². The average Bonchev–Trinajstić information content (AvgIpc) is 2.33. The summed E-state index contributed by atoms with van der Waals surface area (Å²) in [6.45, 7) is 7.60. The normalized spacial score (nSPS) is 14.0. The van der Waals surface area contributed by atoms with Gasteiger partial charge in [-0.1, -0.05) is 18.7 Å². The molecule has 1 heterocycles. The van der Waals surface area contributed by atoms with Crippen molar-refractivity contribution in [2.24, 2.45) is 0 Å². The van der Waals surface area contributed by atoms with Crippen molar-refractivity contribution in [3.8, 4) is 0 Å². The maximum atomic E-state index is 4.07. The Bertz CT molecular complexity index is 357. The fourth-order valence-electron chi connectivity index (χ4n) is 1.07. The van der Waals surface area contributed by atoms with Crippen molar-refractivity contribution in [2.75, 3.05) is 0 Å². The molecule has 1 aromatic rings. The Morgan fingerprint density at radius 3 is 2.82 bits per heavy atom. The third-order valence-corrected chi connectivity index (χ3v) is 1.60. The van der Waals surface area contributed by atoms with Gasteiger partial charge in [0.15, 0.2) is 0 Å². The van der Waals surface area contributed by atoms with Gasteiger partial charge in [-0.25, -0.2) is 0 Å². The van der Waals surface area contributed by atoms with Crippen molar-refractivity contribution in [1.82, 2.24) is 10.2 Å². The summed E-state index contributed by atoms with van der Waals surface area (Å²) >= 11 is 0. The molecule has 0 bridgehead atoms. The lowest BCUT2D eigenvalue weighted by molar-refractivity contribution is 1.03. The minimum Gasteiger partial charge on any atom is -0.278 e. The van der Waals surface area contributed by atoms with Crippen LogP contribution in [0.15, 0.2) is 12.7 Å². The third kappa shape index (κ3) is 1.40. The summed E-state index contributed by atoms with van der Waals surface area (Å²) in [6, 6.07) is 0.